The fourth-order valence-corrected chi connectivity index (χ4v) is 1.16. The molecule has 1 heterocycles. The molecule has 0 aliphatic rings. The van der Waals surface area contributed by atoms with Gasteiger partial charge in [0, 0.05) is 18.0 Å². The summed E-state index contributed by atoms with van der Waals surface area (Å²) >= 11 is 0. The summed E-state index contributed by atoms with van der Waals surface area (Å²) in [5, 5.41) is 0. The van der Waals surface area contributed by atoms with Gasteiger partial charge in [0.2, 0.25) is 0 Å². The van der Waals surface area contributed by atoms with Crippen LogP contribution in [0.1, 0.15) is 5.56 Å². The van der Waals surface area contributed by atoms with Gasteiger partial charge < -0.3 is 4.74 Å². The molecule has 2 rings (SSSR count). The minimum absolute atomic E-state index is 0.762. The number of terminal acetylenes is 1. The van der Waals surface area contributed by atoms with Crippen LogP contribution in [0.25, 0.3) is 0 Å². The number of hydrogen-bond donors (Lipinski definition) is 0. The number of aromatic nitrogens is 1. The zero-order valence-corrected chi connectivity index (χ0v) is 8.05. The van der Waals surface area contributed by atoms with Gasteiger partial charge in [-0.05, 0) is 36.4 Å². The van der Waals surface area contributed by atoms with Crippen LogP contribution in [0.2, 0.25) is 0 Å². The molecule has 0 aliphatic carbocycles. The van der Waals surface area contributed by atoms with Gasteiger partial charge in [-0.25, -0.2) is 0 Å². The van der Waals surface area contributed by atoms with Gasteiger partial charge in [0.15, 0.2) is 0 Å². The van der Waals surface area contributed by atoms with Crippen molar-refractivity contribution in [3.63, 3.8) is 0 Å². The Hall–Kier alpha value is -2.27. The molecule has 0 saturated carbocycles. The van der Waals surface area contributed by atoms with Gasteiger partial charge in [0.1, 0.15) is 11.5 Å². The first-order valence-corrected chi connectivity index (χ1v) is 4.53. The first-order chi connectivity index (χ1) is 7.38. The molecule has 0 atom stereocenters. The summed E-state index contributed by atoms with van der Waals surface area (Å²) in [7, 11) is 0. The minimum atomic E-state index is 0.762. The fourth-order valence-electron chi connectivity index (χ4n) is 1.16. The van der Waals surface area contributed by atoms with Crippen LogP contribution in [0, 0.1) is 12.3 Å². The Kier molecular flexibility index (Phi) is 2.66. The molecular formula is C13H9NO. The summed E-state index contributed by atoms with van der Waals surface area (Å²) in [6, 6.07) is 11.0. The lowest BCUT2D eigenvalue weighted by molar-refractivity contribution is 0.482. The van der Waals surface area contributed by atoms with Crippen LogP contribution in [0.4, 0.5) is 0 Å². The van der Waals surface area contributed by atoms with Gasteiger partial charge in [0.05, 0.1) is 0 Å². The number of pyridine rings is 1. The molecule has 0 aliphatic heterocycles. The summed E-state index contributed by atoms with van der Waals surface area (Å²) in [6.45, 7) is 0. The first kappa shape index (κ1) is 9.29. The van der Waals surface area contributed by atoms with Crippen LogP contribution in [0.3, 0.4) is 0 Å². The van der Waals surface area contributed by atoms with E-state index in [4.69, 9.17) is 11.2 Å². The van der Waals surface area contributed by atoms with E-state index < -0.39 is 0 Å². The predicted octanol–water partition coefficient (Wildman–Crippen LogP) is 2.86. The number of ether oxygens (including phenoxy) is 1. The maximum Gasteiger partial charge on any atom is 0.130 e. The number of benzene rings is 1. The van der Waals surface area contributed by atoms with Crippen LogP contribution in [-0.4, -0.2) is 4.98 Å². The predicted molar refractivity (Wildman–Crippen MR) is 58.7 cm³/mol. The van der Waals surface area contributed by atoms with E-state index in [0.717, 1.165) is 17.1 Å². The Balaban J connectivity index is 2.16. The lowest BCUT2D eigenvalue weighted by Gasteiger charge is -2.04. The van der Waals surface area contributed by atoms with E-state index in [1.165, 1.54) is 0 Å². The largest absolute Gasteiger partial charge is 0.457 e. The highest BCUT2D eigenvalue weighted by molar-refractivity contribution is 5.38. The highest BCUT2D eigenvalue weighted by Crippen LogP contribution is 2.20. The quantitative estimate of drug-likeness (QED) is 0.687. The second-order valence-corrected chi connectivity index (χ2v) is 2.95. The second-order valence-electron chi connectivity index (χ2n) is 2.95. The average molecular weight is 195 g/mol. The molecule has 72 valence electrons. The molecule has 0 radical (unpaired) electrons. The van der Waals surface area contributed by atoms with Crippen LogP contribution in [0.15, 0.2) is 48.8 Å². The first-order valence-electron chi connectivity index (χ1n) is 4.53. The number of hydrogen-bond acceptors (Lipinski definition) is 2. The molecule has 0 bridgehead atoms. The zero-order valence-electron chi connectivity index (χ0n) is 8.05. The van der Waals surface area contributed by atoms with E-state index in [9.17, 15) is 0 Å². The molecule has 1 aromatic heterocycles. The number of nitrogens with zero attached hydrogens (tertiary/aromatic N) is 1. The van der Waals surface area contributed by atoms with E-state index in [-0.39, 0.29) is 0 Å². The molecule has 2 aromatic rings. The van der Waals surface area contributed by atoms with E-state index in [1.54, 1.807) is 24.5 Å². The van der Waals surface area contributed by atoms with Crippen molar-refractivity contribution in [1.82, 2.24) is 4.98 Å². The van der Waals surface area contributed by atoms with Crippen molar-refractivity contribution in [2.45, 2.75) is 0 Å². The molecule has 1 aromatic carbocycles. The Morgan fingerprint density at radius 2 is 1.53 bits per heavy atom. The van der Waals surface area contributed by atoms with E-state index in [2.05, 4.69) is 10.9 Å². The van der Waals surface area contributed by atoms with Crippen LogP contribution < -0.4 is 4.74 Å². The highest BCUT2D eigenvalue weighted by Gasteiger charge is 1.95. The SMILES string of the molecule is C#Cc1ccc(Oc2ccncc2)cc1. The topological polar surface area (TPSA) is 22.1 Å². The maximum atomic E-state index is 5.57. The summed E-state index contributed by atoms with van der Waals surface area (Å²) in [4.78, 5) is 3.91. The fraction of sp³-hybridized carbons (Fsp3) is 0. The van der Waals surface area contributed by atoms with Crippen LogP contribution >= 0.6 is 0 Å². The zero-order chi connectivity index (χ0) is 10.5. The van der Waals surface area contributed by atoms with Gasteiger partial charge in [-0.2, -0.15) is 0 Å². The molecule has 2 heteroatoms. The third-order valence-corrected chi connectivity index (χ3v) is 1.91. The lowest BCUT2D eigenvalue weighted by Crippen LogP contribution is -1.84. The summed E-state index contributed by atoms with van der Waals surface area (Å²) in [5.41, 5.74) is 0.845. The molecule has 0 fully saturated rings. The molecule has 0 amide bonds. The van der Waals surface area contributed by atoms with Gasteiger partial charge in [-0.3, -0.25) is 4.98 Å². The maximum absolute atomic E-state index is 5.57. The van der Waals surface area contributed by atoms with Crippen molar-refractivity contribution in [1.29, 1.82) is 0 Å². The van der Waals surface area contributed by atoms with Gasteiger partial charge in [-0.15, -0.1) is 6.42 Å². The van der Waals surface area contributed by atoms with E-state index in [1.807, 2.05) is 24.3 Å². The Morgan fingerprint density at radius 3 is 2.13 bits per heavy atom. The summed E-state index contributed by atoms with van der Waals surface area (Å²) in [6.07, 6.45) is 8.62. The average Bonchev–Trinajstić information content (AvgIpc) is 2.31. The van der Waals surface area contributed by atoms with Gasteiger partial charge >= 0.3 is 0 Å². The third-order valence-electron chi connectivity index (χ3n) is 1.91. The van der Waals surface area contributed by atoms with E-state index >= 15 is 0 Å². The molecule has 0 saturated heterocycles. The Morgan fingerprint density at radius 1 is 0.933 bits per heavy atom. The van der Waals surface area contributed by atoms with Gasteiger partial charge in [-0.1, -0.05) is 5.92 Å². The minimum Gasteiger partial charge on any atom is -0.457 e. The molecular weight excluding hydrogens is 186 g/mol. The molecule has 2 nitrogen and oxygen atoms in total. The highest BCUT2D eigenvalue weighted by atomic mass is 16.5. The number of rotatable bonds is 2. The lowest BCUT2D eigenvalue weighted by atomic mass is 10.2. The van der Waals surface area contributed by atoms with E-state index in [0.29, 0.717) is 0 Å². The summed E-state index contributed by atoms with van der Waals surface area (Å²) < 4.78 is 5.57. The molecule has 0 unspecified atom stereocenters. The Labute approximate surface area is 88.6 Å². The third kappa shape index (κ3) is 2.35. The van der Waals surface area contributed by atoms with Gasteiger partial charge in [0.25, 0.3) is 0 Å². The summed E-state index contributed by atoms with van der Waals surface area (Å²) in [5.74, 6) is 4.08. The van der Waals surface area contributed by atoms with Crippen LogP contribution in [-0.2, 0) is 0 Å². The molecule has 15 heavy (non-hydrogen) atoms. The van der Waals surface area contributed by atoms with Crippen molar-refractivity contribution >= 4 is 0 Å². The van der Waals surface area contributed by atoms with Crippen molar-refractivity contribution in [3.05, 3.63) is 54.4 Å². The molecule has 0 spiro atoms. The smallest absolute Gasteiger partial charge is 0.130 e. The van der Waals surface area contributed by atoms with Crippen molar-refractivity contribution in [3.8, 4) is 23.8 Å². The Bertz CT molecular complexity index is 468. The standard InChI is InChI=1S/C13H9NO/c1-2-11-3-5-12(6-4-11)15-13-7-9-14-10-8-13/h1,3-10H. The second kappa shape index (κ2) is 4.30. The van der Waals surface area contributed by atoms with Crippen LogP contribution in [0.5, 0.6) is 11.5 Å². The normalized spacial score (nSPS) is 9.27. The van der Waals surface area contributed by atoms with Crippen molar-refractivity contribution < 1.29 is 4.74 Å². The molecule has 0 N–H and O–H groups in total. The monoisotopic (exact) mass is 195 g/mol. The van der Waals surface area contributed by atoms with Crippen molar-refractivity contribution in [2.75, 3.05) is 0 Å². The van der Waals surface area contributed by atoms with Crippen molar-refractivity contribution in [2.24, 2.45) is 0 Å².